The number of fused-ring (bicyclic) bond motifs is 3. The van der Waals surface area contributed by atoms with Gasteiger partial charge in [-0.2, -0.15) is 0 Å². The third-order valence-electron chi connectivity index (χ3n) is 5.81. The van der Waals surface area contributed by atoms with E-state index in [-0.39, 0.29) is 12.5 Å². The van der Waals surface area contributed by atoms with Crippen LogP contribution < -0.4 is 5.32 Å². The molecule has 1 unspecified atom stereocenters. The maximum atomic E-state index is 13.5. The molecular formula is C23H22F2N2O5. The van der Waals surface area contributed by atoms with Crippen molar-refractivity contribution in [3.8, 4) is 11.1 Å². The standard InChI is InChI=1S/C23H22F2N2O5/c24-18-10-27(11-19(18)25)22(30)20(9-21(28)29)26-23(31)32-12-17-15-7-3-1-5-13(15)14-6-2-4-8-16(14)17/h1-8,17-20H,9-12H2,(H,26,31)(H,28,29)/t18-,19+,20?. The van der Waals surface area contributed by atoms with Gasteiger partial charge < -0.3 is 20.1 Å². The molecule has 2 N–H and O–H groups in total. The molecule has 1 saturated heterocycles. The number of ether oxygens (including phenoxy) is 1. The topological polar surface area (TPSA) is 95.9 Å². The lowest BCUT2D eigenvalue weighted by molar-refractivity contribution is -0.142. The zero-order valence-electron chi connectivity index (χ0n) is 17.0. The number of nitrogens with one attached hydrogen (secondary N) is 1. The number of amides is 2. The van der Waals surface area contributed by atoms with Crippen molar-refractivity contribution in [1.82, 2.24) is 10.2 Å². The smallest absolute Gasteiger partial charge is 0.407 e. The number of aliphatic carboxylic acids is 1. The number of halogens is 2. The summed E-state index contributed by atoms with van der Waals surface area (Å²) in [5.74, 6) is -2.40. The van der Waals surface area contributed by atoms with Gasteiger partial charge >= 0.3 is 12.1 Å². The molecule has 2 amide bonds. The summed E-state index contributed by atoms with van der Waals surface area (Å²) in [6.45, 7) is -0.984. The number of hydrogen-bond acceptors (Lipinski definition) is 4. The minimum atomic E-state index is -1.83. The summed E-state index contributed by atoms with van der Waals surface area (Å²) >= 11 is 0. The Morgan fingerprint density at radius 1 is 1.00 bits per heavy atom. The fourth-order valence-electron chi connectivity index (χ4n) is 4.28. The lowest BCUT2D eigenvalue weighted by atomic mass is 9.98. The first-order chi connectivity index (χ1) is 15.3. The van der Waals surface area contributed by atoms with E-state index in [4.69, 9.17) is 9.84 Å². The van der Waals surface area contributed by atoms with Crippen molar-refractivity contribution in [2.75, 3.05) is 19.7 Å². The third kappa shape index (κ3) is 4.28. The van der Waals surface area contributed by atoms with Crippen LogP contribution in [-0.2, 0) is 14.3 Å². The van der Waals surface area contributed by atoms with Gasteiger partial charge in [-0.3, -0.25) is 9.59 Å². The van der Waals surface area contributed by atoms with E-state index >= 15 is 0 Å². The number of likely N-dealkylation sites (tertiary alicyclic amines) is 1. The van der Waals surface area contributed by atoms with Gasteiger partial charge in [0, 0.05) is 5.92 Å². The molecule has 1 fully saturated rings. The Morgan fingerprint density at radius 2 is 1.53 bits per heavy atom. The van der Waals surface area contributed by atoms with Crippen molar-refractivity contribution in [2.24, 2.45) is 0 Å². The highest BCUT2D eigenvalue weighted by atomic mass is 19.2. The van der Waals surface area contributed by atoms with E-state index in [1.807, 2.05) is 48.5 Å². The maximum Gasteiger partial charge on any atom is 0.407 e. The van der Waals surface area contributed by atoms with E-state index in [9.17, 15) is 23.2 Å². The van der Waals surface area contributed by atoms with Gasteiger partial charge in [-0.05, 0) is 22.3 Å². The summed E-state index contributed by atoms with van der Waals surface area (Å²) in [6, 6.07) is 14.0. The van der Waals surface area contributed by atoms with Crippen molar-refractivity contribution < 1.29 is 33.0 Å². The van der Waals surface area contributed by atoms with Gasteiger partial charge in [0.25, 0.3) is 0 Å². The zero-order chi connectivity index (χ0) is 22.8. The highest BCUT2D eigenvalue weighted by molar-refractivity contribution is 5.89. The van der Waals surface area contributed by atoms with Gasteiger partial charge in [-0.25, -0.2) is 13.6 Å². The summed E-state index contributed by atoms with van der Waals surface area (Å²) in [4.78, 5) is 37.0. The van der Waals surface area contributed by atoms with Crippen LogP contribution in [0.3, 0.4) is 0 Å². The molecule has 32 heavy (non-hydrogen) atoms. The van der Waals surface area contributed by atoms with Crippen molar-refractivity contribution in [1.29, 1.82) is 0 Å². The molecule has 2 aliphatic rings. The van der Waals surface area contributed by atoms with Crippen molar-refractivity contribution in [3.05, 3.63) is 59.7 Å². The van der Waals surface area contributed by atoms with Crippen LogP contribution in [0.15, 0.2) is 48.5 Å². The average Bonchev–Trinajstić information content (AvgIpc) is 3.28. The third-order valence-corrected chi connectivity index (χ3v) is 5.81. The second kappa shape index (κ2) is 8.94. The molecule has 1 heterocycles. The maximum absolute atomic E-state index is 13.5. The summed E-state index contributed by atoms with van der Waals surface area (Å²) in [6.07, 6.45) is -5.37. The van der Waals surface area contributed by atoms with Crippen LogP contribution >= 0.6 is 0 Å². The number of carboxylic acids is 1. The number of carbonyl (C=O) groups is 3. The summed E-state index contributed by atoms with van der Waals surface area (Å²) in [5, 5.41) is 11.4. The fraction of sp³-hybridized carbons (Fsp3) is 0.348. The van der Waals surface area contributed by atoms with Crippen LogP contribution in [0.2, 0.25) is 0 Å². The van der Waals surface area contributed by atoms with Crippen molar-refractivity contribution in [3.63, 3.8) is 0 Å². The normalized spacial score (nSPS) is 20.4. The lowest BCUT2D eigenvalue weighted by Crippen LogP contribution is -2.49. The predicted octanol–water partition coefficient (Wildman–Crippen LogP) is 2.89. The second-order valence-electron chi connectivity index (χ2n) is 7.90. The van der Waals surface area contributed by atoms with E-state index in [1.54, 1.807) is 0 Å². The molecule has 0 radical (unpaired) electrons. The van der Waals surface area contributed by atoms with Gasteiger partial charge in [-0.15, -0.1) is 0 Å². The Kier molecular flexibility index (Phi) is 6.07. The number of hydrogen-bond donors (Lipinski definition) is 2. The lowest BCUT2D eigenvalue weighted by Gasteiger charge is -2.23. The van der Waals surface area contributed by atoms with Crippen LogP contribution in [-0.4, -0.2) is 66.1 Å². The molecule has 7 nitrogen and oxygen atoms in total. The minimum absolute atomic E-state index is 0.0172. The first kappa shape index (κ1) is 21.7. The molecule has 0 saturated carbocycles. The zero-order valence-corrected chi connectivity index (χ0v) is 17.0. The summed E-state index contributed by atoms with van der Waals surface area (Å²) in [7, 11) is 0. The van der Waals surface area contributed by atoms with Crippen LogP contribution in [0.4, 0.5) is 13.6 Å². The molecule has 0 spiro atoms. The highest BCUT2D eigenvalue weighted by Gasteiger charge is 2.39. The Labute approximate surface area is 183 Å². The number of nitrogens with zero attached hydrogens (tertiary/aromatic N) is 1. The van der Waals surface area contributed by atoms with E-state index < -0.39 is 55.9 Å². The van der Waals surface area contributed by atoms with Crippen molar-refractivity contribution >= 4 is 18.0 Å². The number of carbonyl (C=O) groups excluding carboxylic acids is 2. The molecule has 1 aliphatic carbocycles. The molecule has 9 heteroatoms. The van der Waals surface area contributed by atoms with Crippen molar-refractivity contribution in [2.45, 2.75) is 30.7 Å². The van der Waals surface area contributed by atoms with Gasteiger partial charge in [0.2, 0.25) is 5.91 Å². The van der Waals surface area contributed by atoms with E-state index in [0.29, 0.717) is 0 Å². The molecule has 4 rings (SSSR count). The molecule has 168 valence electrons. The minimum Gasteiger partial charge on any atom is -0.481 e. The van der Waals surface area contributed by atoms with E-state index in [0.717, 1.165) is 27.2 Å². The first-order valence-corrected chi connectivity index (χ1v) is 10.3. The summed E-state index contributed by atoms with van der Waals surface area (Å²) < 4.78 is 32.3. The number of carboxylic acid groups (broad SMARTS) is 1. The SMILES string of the molecule is O=C(O)CC(NC(=O)OCC1c2ccccc2-c2ccccc21)C(=O)N1C[C@@H](F)[C@@H](F)C1. The predicted molar refractivity (Wildman–Crippen MR) is 111 cm³/mol. The van der Waals surface area contributed by atoms with Gasteiger partial charge in [0.15, 0.2) is 12.3 Å². The Morgan fingerprint density at radius 3 is 2.06 bits per heavy atom. The molecule has 0 aromatic heterocycles. The fourth-order valence-corrected chi connectivity index (χ4v) is 4.28. The molecule has 1 aliphatic heterocycles. The second-order valence-corrected chi connectivity index (χ2v) is 7.90. The largest absolute Gasteiger partial charge is 0.481 e. The van der Waals surface area contributed by atoms with E-state index in [2.05, 4.69) is 5.32 Å². The van der Waals surface area contributed by atoms with Crippen LogP contribution in [0.25, 0.3) is 11.1 Å². The number of benzene rings is 2. The molecule has 2 aromatic carbocycles. The van der Waals surface area contributed by atoms with E-state index in [1.165, 1.54) is 0 Å². The van der Waals surface area contributed by atoms with Gasteiger partial charge in [0.05, 0.1) is 19.5 Å². The summed E-state index contributed by atoms with van der Waals surface area (Å²) in [5.41, 5.74) is 4.10. The number of rotatable bonds is 6. The average molecular weight is 444 g/mol. The quantitative estimate of drug-likeness (QED) is 0.714. The van der Waals surface area contributed by atoms with Gasteiger partial charge in [-0.1, -0.05) is 48.5 Å². The highest BCUT2D eigenvalue weighted by Crippen LogP contribution is 2.44. The first-order valence-electron chi connectivity index (χ1n) is 10.3. The Bertz CT molecular complexity index is 991. The van der Waals surface area contributed by atoms with Crippen LogP contribution in [0, 0.1) is 0 Å². The van der Waals surface area contributed by atoms with Gasteiger partial charge in [0.1, 0.15) is 12.6 Å². The number of alkyl halides is 2. The number of alkyl carbamates (subject to hydrolysis) is 1. The molecular weight excluding hydrogens is 422 g/mol. The molecule has 3 atom stereocenters. The van der Waals surface area contributed by atoms with Crippen LogP contribution in [0.5, 0.6) is 0 Å². The monoisotopic (exact) mass is 444 g/mol. The Hall–Kier alpha value is -3.49. The van der Waals surface area contributed by atoms with Crippen LogP contribution in [0.1, 0.15) is 23.5 Å². The molecule has 0 bridgehead atoms. The molecule has 2 aromatic rings. The Balaban J connectivity index is 1.43.